The number of allylic oxidation sites excluding steroid dienone is 1. The van der Waals surface area contributed by atoms with Gasteiger partial charge in [-0.2, -0.15) is 0 Å². The number of carbonyl (C=O) groups excluding carboxylic acids is 2. The van der Waals surface area contributed by atoms with Gasteiger partial charge in [0, 0.05) is 13.1 Å². The number of carbonyl (C=O) groups is 3. The summed E-state index contributed by atoms with van der Waals surface area (Å²) in [5.74, 6) is -1.29. The average molecular weight is 385 g/mol. The van der Waals surface area contributed by atoms with Gasteiger partial charge < -0.3 is 20.6 Å². The van der Waals surface area contributed by atoms with E-state index < -0.39 is 5.97 Å². The largest absolute Gasteiger partial charge is 0.478 e. The topological polar surface area (TPSA) is 98.7 Å². The molecule has 7 nitrogen and oxygen atoms in total. The van der Waals surface area contributed by atoms with E-state index in [2.05, 4.69) is 10.6 Å². The summed E-state index contributed by atoms with van der Waals surface area (Å²) < 4.78 is 0. The van der Waals surface area contributed by atoms with Crippen molar-refractivity contribution < 1.29 is 19.5 Å². The van der Waals surface area contributed by atoms with Crippen LogP contribution in [0.25, 0.3) is 0 Å². The second-order valence-electron chi connectivity index (χ2n) is 7.41. The van der Waals surface area contributed by atoms with Crippen LogP contribution in [0.4, 0.5) is 5.69 Å². The van der Waals surface area contributed by atoms with Gasteiger partial charge in [-0.3, -0.25) is 9.59 Å². The van der Waals surface area contributed by atoms with Crippen LogP contribution >= 0.6 is 0 Å². The highest BCUT2D eigenvalue weighted by atomic mass is 16.4. The lowest BCUT2D eigenvalue weighted by Crippen LogP contribution is -2.43. The minimum absolute atomic E-state index is 0.0537. The Balaban J connectivity index is 1.58. The number of benzene rings is 1. The highest BCUT2D eigenvalue weighted by Crippen LogP contribution is 2.21. The Labute approximate surface area is 164 Å². The second kappa shape index (κ2) is 9.50. The van der Waals surface area contributed by atoms with Crippen LogP contribution in [-0.4, -0.2) is 54.0 Å². The van der Waals surface area contributed by atoms with Gasteiger partial charge in [-0.25, -0.2) is 4.79 Å². The van der Waals surface area contributed by atoms with E-state index in [-0.39, 0.29) is 29.0 Å². The summed E-state index contributed by atoms with van der Waals surface area (Å²) in [4.78, 5) is 38.2. The molecule has 150 valence electrons. The maximum Gasteiger partial charge on any atom is 0.337 e. The predicted molar refractivity (Wildman–Crippen MR) is 106 cm³/mol. The molecular formula is C21H27N3O4. The number of amides is 2. The van der Waals surface area contributed by atoms with Crippen molar-refractivity contribution >= 4 is 23.5 Å². The molecule has 3 rings (SSSR count). The zero-order valence-electron chi connectivity index (χ0n) is 15.9. The van der Waals surface area contributed by atoms with Crippen LogP contribution in [0.1, 0.15) is 36.0 Å². The van der Waals surface area contributed by atoms with E-state index in [9.17, 15) is 19.5 Å². The van der Waals surface area contributed by atoms with E-state index in [0.717, 1.165) is 32.4 Å². The van der Waals surface area contributed by atoms with Gasteiger partial charge >= 0.3 is 5.97 Å². The van der Waals surface area contributed by atoms with Gasteiger partial charge in [0.2, 0.25) is 11.8 Å². The molecule has 28 heavy (non-hydrogen) atoms. The zero-order chi connectivity index (χ0) is 19.9. The highest BCUT2D eigenvalue weighted by Gasteiger charge is 2.28. The predicted octanol–water partition coefficient (Wildman–Crippen LogP) is 2.12. The molecule has 2 amide bonds. The number of hydrogen-bond acceptors (Lipinski definition) is 4. The molecule has 1 atom stereocenters. The molecule has 0 bridgehead atoms. The Bertz CT molecular complexity index is 756. The maximum absolute atomic E-state index is 12.6. The molecule has 0 spiro atoms. The van der Waals surface area contributed by atoms with E-state index in [1.807, 2.05) is 6.08 Å². The third-order valence-corrected chi connectivity index (χ3v) is 5.41. The van der Waals surface area contributed by atoms with Gasteiger partial charge in [0.1, 0.15) is 0 Å². The molecular weight excluding hydrogens is 358 g/mol. The molecule has 2 heterocycles. The molecule has 0 aliphatic carbocycles. The Hall–Kier alpha value is -2.67. The number of carboxylic acids is 1. The van der Waals surface area contributed by atoms with Crippen molar-refractivity contribution in [3.05, 3.63) is 42.0 Å². The molecule has 2 aliphatic rings. The number of piperidine rings is 2. The monoisotopic (exact) mass is 385 g/mol. The lowest BCUT2D eigenvalue weighted by atomic mass is 9.96. The molecule has 3 N–H and O–H groups in total. The summed E-state index contributed by atoms with van der Waals surface area (Å²) in [6, 6.07) is 6.34. The number of nitrogens with zero attached hydrogens (tertiary/aromatic N) is 1. The molecule has 2 aliphatic heterocycles. The van der Waals surface area contributed by atoms with Crippen LogP contribution in [0.15, 0.2) is 36.4 Å². The second-order valence-corrected chi connectivity index (χ2v) is 7.41. The van der Waals surface area contributed by atoms with Crippen molar-refractivity contribution in [1.82, 2.24) is 10.2 Å². The van der Waals surface area contributed by atoms with Crippen molar-refractivity contribution in [3.63, 3.8) is 0 Å². The number of nitrogens with one attached hydrogen (secondary N) is 2. The smallest absolute Gasteiger partial charge is 0.337 e. The average Bonchev–Trinajstić information content (AvgIpc) is 2.73. The van der Waals surface area contributed by atoms with Crippen LogP contribution in [0.5, 0.6) is 0 Å². The number of para-hydroxylation sites is 1. The van der Waals surface area contributed by atoms with E-state index in [0.29, 0.717) is 25.4 Å². The Kier molecular flexibility index (Phi) is 6.81. The first-order valence-electron chi connectivity index (χ1n) is 9.85. The van der Waals surface area contributed by atoms with E-state index in [1.165, 1.54) is 6.07 Å². The van der Waals surface area contributed by atoms with Crippen molar-refractivity contribution in [2.75, 3.05) is 31.5 Å². The number of carboxylic acid groups (broad SMARTS) is 1. The van der Waals surface area contributed by atoms with Gasteiger partial charge in [-0.1, -0.05) is 18.2 Å². The molecule has 1 aromatic rings. The van der Waals surface area contributed by atoms with Crippen molar-refractivity contribution in [3.8, 4) is 0 Å². The first-order valence-corrected chi connectivity index (χ1v) is 9.85. The quantitative estimate of drug-likeness (QED) is 0.675. The number of likely N-dealkylation sites (tertiary alicyclic amines) is 1. The Morgan fingerprint density at radius 3 is 2.64 bits per heavy atom. The normalized spacial score (nSPS) is 20.9. The van der Waals surface area contributed by atoms with Crippen molar-refractivity contribution in [1.29, 1.82) is 0 Å². The first-order chi connectivity index (χ1) is 13.5. The fraction of sp³-hybridized carbons (Fsp3) is 0.476. The molecule has 0 radical (unpaired) electrons. The maximum atomic E-state index is 12.6. The van der Waals surface area contributed by atoms with E-state index in [1.54, 1.807) is 29.2 Å². The highest BCUT2D eigenvalue weighted by molar-refractivity contribution is 6.01. The molecule has 2 fully saturated rings. The molecule has 0 saturated carbocycles. The Morgan fingerprint density at radius 1 is 1.14 bits per heavy atom. The van der Waals surface area contributed by atoms with Crippen LogP contribution in [0.3, 0.4) is 0 Å². The minimum atomic E-state index is -1.08. The van der Waals surface area contributed by atoms with Gasteiger partial charge in [0.25, 0.3) is 0 Å². The van der Waals surface area contributed by atoms with Gasteiger partial charge in [0.05, 0.1) is 17.2 Å². The third-order valence-electron chi connectivity index (χ3n) is 5.41. The zero-order valence-corrected chi connectivity index (χ0v) is 15.9. The minimum Gasteiger partial charge on any atom is -0.478 e. The molecule has 7 heteroatoms. The summed E-state index contributed by atoms with van der Waals surface area (Å²) in [5.41, 5.74) is 0.346. The SMILES string of the molecule is O=C(O)c1ccccc1NC(=O)[C@@H]1CCCN(C(=O)/C=C/C2CCNCC2)C1. The van der Waals surface area contributed by atoms with Crippen LogP contribution < -0.4 is 10.6 Å². The first kappa shape index (κ1) is 20.1. The van der Waals surface area contributed by atoms with Gasteiger partial charge in [-0.15, -0.1) is 0 Å². The molecule has 1 aromatic carbocycles. The lowest BCUT2D eigenvalue weighted by molar-refractivity contribution is -0.130. The van der Waals surface area contributed by atoms with Crippen LogP contribution in [-0.2, 0) is 9.59 Å². The van der Waals surface area contributed by atoms with Gasteiger partial charge in [0.15, 0.2) is 0 Å². The summed E-state index contributed by atoms with van der Waals surface area (Å²) in [6.07, 6.45) is 7.16. The molecule has 2 saturated heterocycles. The van der Waals surface area contributed by atoms with Crippen LogP contribution in [0.2, 0.25) is 0 Å². The standard InChI is InChI=1S/C21H27N3O4/c25-19(8-7-15-9-11-22-12-10-15)24-13-3-4-16(14-24)20(26)23-18-6-2-1-5-17(18)21(27)28/h1-2,5-8,15-16,22H,3-4,9-14H2,(H,23,26)(H,27,28)/b8-7+/t16-/m1/s1. The van der Waals surface area contributed by atoms with E-state index in [4.69, 9.17) is 0 Å². The number of anilines is 1. The lowest BCUT2D eigenvalue weighted by Gasteiger charge is -2.31. The van der Waals surface area contributed by atoms with Crippen LogP contribution in [0, 0.1) is 11.8 Å². The molecule has 0 unspecified atom stereocenters. The summed E-state index contributed by atoms with van der Waals surface area (Å²) >= 11 is 0. The number of hydrogen-bond donors (Lipinski definition) is 3. The molecule has 0 aromatic heterocycles. The summed E-state index contributed by atoms with van der Waals surface area (Å²) in [7, 11) is 0. The van der Waals surface area contributed by atoms with Crippen molar-refractivity contribution in [2.24, 2.45) is 11.8 Å². The van der Waals surface area contributed by atoms with Gasteiger partial charge in [-0.05, 0) is 62.9 Å². The summed E-state index contributed by atoms with van der Waals surface area (Å²) in [6.45, 7) is 2.96. The summed E-state index contributed by atoms with van der Waals surface area (Å²) in [5, 5.41) is 15.3. The van der Waals surface area contributed by atoms with Crippen molar-refractivity contribution in [2.45, 2.75) is 25.7 Å². The Morgan fingerprint density at radius 2 is 1.89 bits per heavy atom. The number of aromatic carboxylic acids is 1. The fourth-order valence-corrected chi connectivity index (χ4v) is 3.77. The van der Waals surface area contributed by atoms with E-state index >= 15 is 0 Å². The fourth-order valence-electron chi connectivity index (χ4n) is 3.77. The number of rotatable bonds is 5. The third kappa shape index (κ3) is 5.19.